The first kappa shape index (κ1) is 18.5. The second-order valence-electron chi connectivity index (χ2n) is 4.98. The number of oxime groups is 1. The number of hydrogen-bond acceptors (Lipinski definition) is 5. The number of ether oxygens (including phenoxy) is 2. The number of carbonyl (C=O) groups excluding carboxylic acids is 1. The standard InChI is InChI=1S/C19H18ClNO4/c1-23-13-18(19(22)24-2)17-6-4-3-5-15(17)11-21-25-12-14-7-9-16(20)10-8-14/h3-11,13H,12H2,1-2H3/b18-13-,21-11+. The Balaban J connectivity index is 2.12. The molecule has 0 radical (unpaired) electrons. The van der Waals surface area contributed by atoms with Crippen molar-refractivity contribution in [3.8, 4) is 0 Å². The van der Waals surface area contributed by atoms with Crippen LogP contribution in [-0.2, 0) is 25.7 Å². The number of nitrogens with zero attached hydrogens (tertiary/aromatic N) is 1. The van der Waals surface area contributed by atoms with E-state index in [2.05, 4.69) is 5.16 Å². The molecule has 6 heteroatoms. The maximum atomic E-state index is 11.9. The van der Waals surface area contributed by atoms with Crippen LogP contribution in [-0.4, -0.2) is 26.4 Å². The van der Waals surface area contributed by atoms with Gasteiger partial charge in [0, 0.05) is 16.1 Å². The summed E-state index contributed by atoms with van der Waals surface area (Å²) in [6.07, 6.45) is 2.88. The van der Waals surface area contributed by atoms with Gasteiger partial charge in [0.25, 0.3) is 0 Å². The summed E-state index contributed by atoms with van der Waals surface area (Å²) in [5.74, 6) is -0.496. The van der Waals surface area contributed by atoms with Crippen molar-refractivity contribution in [2.75, 3.05) is 14.2 Å². The molecule has 0 N–H and O–H groups in total. The zero-order valence-electron chi connectivity index (χ0n) is 13.9. The maximum Gasteiger partial charge on any atom is 0.341 e. The molecule has 0 bridgehead atoms. The van der Waals surface area contributed by atoms with E-state index >= 15 is 0 Å². The van der Waals surface area contributed by atoms with E-state index in [0.717, 1.165) is 5.56 Å². The quantitative estimate of drug-likeness (QED) is 0.246. The van der Waals surface area contributed by atoms with Crippen molar-refractivity contribution in [2.24, 2.45) is 5.16 Å². The molecule has 0 fully saturated rings. The Morgan fingerprint density at radius 1 is 1.12 bits per heavy atom. The lowest BCUT2D eigenvalue weighted by Gasteiger charge is -2.08. The Bertz CT molecular complexity index is 769. The summed E-state index contributed by atoms with van der Waals surface area (Å²) >= 11 is 5.84. The summed E-state index contributed by atoms with van der Waals surface area (Å²) in [5.41, 5.74) is 2.58. The van der Waals surface area contributed by atoms with Crippen LogP contribution in [0.4, 0.5) is 0 Å². The Morgan fingerprint density at radius 3 is 2.52 bits per heavy atom. The molecule has 0 unspecified atom stereocenters. The highest BCUT2D eigenvalue weighted by molar-refractivity contribution is 6.30. The average Bonchev–Trinajstić information content (AvgIpc) is 2.64. The first-order valence-electron chi connectivity index (χ1n) is 7.46. The highest BCUT2D eigenvalue weighted by atomic mass is 35.5. The van der Waals surface area contributed by atoms with E-state index < -0.39 is 5.97 Å². The summed E-state index contributed by atoms with van der Waals surface area (Å²) in [7, 11) is 2.78. The van der Waals surface area contributed by atoms with Crippen molar-refractivity contribution in [3.05, 3.63) is 76.5 Å². The van der Waals surface area contributed by atoms with Crippen LogP contribution >= 0.6 is 11.6 Å². The minimum Gasteiger partial charge on any atom is -0.503 e. The molecule has 130 valence electrons. The van der Waals surface area contributed by atoms with E-state index in [1.807, 2.05) is 30.3 Å². The van der Waals surface area contributed by atoms with Gasteiger partial charge in [0.1, 0.15) is 12.2 Å². The molecule has 25 heavy (non-hydrogen) atoms. The van der Waals surface area contributed by atoms with Gasteiger partial charge in [-0.3, -0.25) is 0 Å². The van der Waals surface area contributed by atoms with Crippen LogP contribution in [0, 0.1) is 0 Å². The smallest absolute Gasteiger partial charge is 0.341 e. The highest BCUT2D eigenvalue weighted by Crippen LogP contribution is 2.20. The molecule has 0 atom stereocenters. The fraction of sp³-hybridized carbons (Fsp3) is 0.158. The van der Waals surface area contributed by atoms with E-state index in [9.17, 15) is 4.79 Å². The third-order valence-corrected chi connectivity index (χ3v) is 3.55. The SMILES string of the molecule is CO/C=C(\C(=O)OC)c1ccccc1/C=N/OCc1ccc(Cl)cc1. The van der Waals surface area contributed by atoms with Crippen LogP contribution in [0.15, 0.2) is 59.9 Å². The minimum absolute atomic E-state index is 0.296. The molecule has 2 aromatic carbocycles. The van der Waals surface area contributed by atoms with Gasteiger partial charge >= 0.3 is 5.97 Å². The maximum absolute atomic E-state index is 11.9. The summed E-state index contributed by atoms with van der Waals surface area (Å²) < 4.78 is 9.77. The summed E-state index contributed by atoms with van der Waals surface area (Å²) in [5, 5.41) is 4.64. The molecule has 2 aromatic rings. The number of carbonyl (C=O) groups is 1. The minimum atomic E-state index is -0.496. The van der Waals surface area contributed by atoms with E-state index in [-0.39, 0.29) is 0 Å². The largest absolute Gasteiger partial charge is 0.503 e. The van der Waals surface area contributed by atoms with Crippen LogP contribution in [0.25, 0.3) is 5.57 Å². The molecule has 5 nitrogen and oxygen atoms in total. The van der Waals surface area contributed by atoms with Crippen LogP contribution in [0.5, 0.6) is 0 Å². The average molecular weight is 360 g/mol. The van der Waals surface area contributed by atoms with E-state index in [1.54, 1.807) is 18.2 Å². The van der Waals surface area contributed by atoms with Crippen LogP contribution in [0.3, 0.4) is 0 Å². The van der Waals surface area contributed by atoms with Crippen molar-refractivity contribution in [2.45, 2.75) is 6.61 Å². The number of benzene rings is 2. The summed E-state index contributed by atoms with van der Waals surface area (Å²) in [6.45, 7) is 0.313. The molecule has 0 aromatic heterocycles. The van der Waals surface area contributed by atoms with Gasteiger partial charge in [-0.05, 0) is 17.7 Å². The third kappa shape index (κ3) is 5.36. The molecule has 0 amide bonds. The number of hydrogen-bond donors (Lipinski definition) is 0. The van der Waals surface area contributed by atoms with Gasteiger partial charge in [0.05, 0.1) is 26.7 Å². The molecule has 0 saturated carbocycles. The topological polar surface area (TPSA) is 57.1 Å². The van der Waals surface area contributed by atoms with E-state index in [0.29, 0.717) is 28.3 Å². The summed E-state index contributed by atoms with van der Waals surface area (Å²) in [6, 6.07) is 14.6. The lowest BCUT2D eigenvalue weighted by molar-refractivity contribution is -0.133. The molecule has 2 rings (SSSR count). The molecule has 0 aliphatic heterocycles. The molecule has 0 aliphatic carbocycles. The fourth-order valence-corrected chi connectivity index (χ4v) is 2.22. The number of esters is 1. The number of methoxy groups -OCH3 is 2. The molecule has 0 aliphatic rings. The lowest BCUT2D eigenvalue weighted by Crippen LogP contribution is -2.06. The van der Waals surface area contributed by atoms with Gasteiger partial charge < -0.3 is 14.3 Å². The Labute approximate surface area is 151 Å². The molecular formula is C19H18ClNO4. The first-order chi connectivity index (χ1) is 12.2. The van der Waals surface area contributed by atoms with Gasteiger partial charge in [-0.1, -0.05) is 53.2 Å². The Kier molecular flexibility index (Phi) is 7.04. The molecule has 0 spiro atoms. The summed E-state index contributed by atoms with van der Waals surface area (Å²) in [4.78, 5) is 17.2. The molecule has 0 heterocycles. The van der Waals surface area contributed by atoms with Gasteiger partial charge in [-0.15, -0.1) is 0 Å². The van der Waals surface area contributed by atoms with Gasteiger partial charge in [-0.25, -0.2) is 4.79 Å². The second-order valence-corrected chi connectivity index (χ2v) is 5.42. The van der Waals surface area contributed by atoms with Gasteiger partial charge in [-0.2, -0.15) is 0 Å². The molecular weight excluding hydrogens is 342 g/mol. The van der Waals surface area contributed by atoms with E-state index in [1.165, 1.54) is 26.7 Å². The van der Waals surface area contributed by atoms with E-state index in [4.69, 9.17) is 25.9 Å². The van der Waals surface area contributed by atoms with Crippen molar-refractivity contribution >= 4 is 29.4 Å². The van der Waals surface area contributed by atoms with Crippen LogP contribution in [0.1, 0.15) is 16.7 Å². The van der Waals surface area contributed by atoms with Gasteiger partial charge in [0.2, 0.25) is 0 Å². The monoisotopic (exact) mass is 359 g/mol. The normalized spacial score (nSPS) is 11.4. The predicted octanol–water partition coefficient (Wildman–Crippen LogP) is 4.05. The highest BCUT2D eigenvalue weighted by Gasteiger charge is 2.15. The zero-order chi connectivity index (χ0) is 18.1. The first-order valence-corrected chi connectivity index (χ1v) is 7.84. The van der Waals surface area contributed by atoms with Gasteiger partial charge in [0.15, 0.2) is 0 Å². The lowest BCUT2D eigenvalue weighted by atomic mass is 10.0. The third-order valence-electron chi connectivity index (χ3n) is 3.30. The predicted molar refractivity (Wildman–Crippen MR) is 97.3 cm³/mol. The fourth-order valence-electron chi connectivity index (χ4n) is 2.09. The number of rotatable bonds is 7. The second kappa shape index (κ2) is 9.49. The van der Waals surface area contributed by atoms with Crippen molar-refractivity contribution < 1.29 is 19.1 Å². The van der Waals surface area contributed by atoms with Crippen molar-refractivity contribution in [1.82, 2.24) is 0 Å². The van der Waals surface area contributed by atoms with Crippen LogP contribution < -0.4 is 0 Å². The number of halogens is 1. The van der Waals surface area contributed by atoms with Crippen molar-refractivity contribution in [3.63, 3.8) is 0 Å². The van der Waals surface area contributed by atoms with Crippen LogP contribution in [0.2, 0.25) is 5.02 Å². The molecule has 0 saturated heterocycles. The zero-order valence-corrected chi connectivity index (χ0v) is 14.7. The Hall–Kier alpha value is -2.79. The van der Waals surface area contributed by atoms with Crippen molar-refractivity contribution in [1.29, 1.82) is 0 Å². The Morgan fingerprint density at radius 2 is 1.84 bits per heavy atom.